The molecular formula is C23H19N3O5S. The molecule has 0 saturated carbocycles. The van der Waals surface area contributed by atoms with E-state index in [9.17, 15) is 13.2 Å². The predicted octanol–water partition coefficient (Wildman–Crippen LogP) is 3.92. The van der Waals surface area contributed by atoms with Crippen molar-refractivity contribution in [1.82, 2.24) is 10.2 Å². The lowest BCUT2D eigenvalue weighted by atomic mass is 10.2. The van der Waals surface area contributed by atoms with Gasteiger partial charge in [0.05, 0.1) is 16.1 Å². The van der Waals surface area contributed by atoms with E-state index in [1.165, 1.54) is 35.6 Å². The lowest BCUT2D eigenvalue weighted by Crippen LogP contribution is -2.26. The highest BCUT2D eigenvalue weighted by Crippen LogP contribution is 2.22. The topological polar surface area (TPSA) is 103 Å². The molecule has 3 aromatic carbocycles. The van der Waals surface area contributed by atoms with Crippen molar-refractivity contribution < 1.29 is 22.4 Å². The fourth-order valence-electron chi connectivity index (χ4n) is 2.92. The molecule has 32 heavy (non-hydrogen) atoms. The zero-order chi connectivity index (χ0) is 22.6. The summed E-state index contributed by atoms with van der Waals surface area (Å²) in [5.41, 5.74) is 1.49. The third-order valence-corrected chi connectivity index (χ3v) is 6.48. The molecule has 0 fully saturated rings. The normalized spacial score (nSPS) is 11.2. The van der Waals surface area contributed by atoms with Crippen LogP contribution >= 0.6 is 0 Å². The summed E-state index contributed by atoms with van der Waals surface area (Å²) in [4.78, 5) is 12.4. The van der Waals surface area contributed by atoms with Crippen molar-refractivity contribution >= 4 is 21.7 Å². The minimum atomic E-state index is -3.77. The first-order valence-corrected chi connectivity index (χ1v) is 11.1. The first-order valence-electron chi connectivity index (χ1n) is 9.64. The van der Waals surface area contributed by atoms with E-state index in [4.69, 9.17) is 9.15 Å². The van der Waals surface area contributed by atoms with Crippen LogP contribution in [0.1, 0.15) is 16.2 Å². The average Bonchev–Trinajstić information content (AvgIpc) is 3.32. The molecule has 4 rings (SSSR count). The van der Waals surface area contributed by atoms with Crippen molar-refractivity contribution in [2.24, 2.45) is 0 Å². The molecule has 0 aliphatic carbocycles. The van der Waals surface area contributed by atoms with Gasteiger partial charge in [0, 0.05) is 12.6 Å². The van der Waals surface area contributed by atoms with E-state index in [1.54, 1.807) is 30.3 Å². The Kier molecular flexibility index (Phi) is 6.00. The van der Waals surface area contributed by atoms with Crippen LogP contribution < -0.4 is 4.31 Å². The second-order valence-electron chi connectivity index (χ2n) is 6.78. The molecule has 1 aromatic heterocycles. The fourth-order valence-corrected chi connectivity index (χ4v) is 4.11. The molecule has 0 amide bonds. The Balaban J connectivity index is 1.41. The summed E-state index contributed by atoms with van der Waals surface area (Å²) in [5.74, 6) is -0.153. The molecule has 0 radical (unpaired) electrons. The minimum absolute atomic E-state index is 0.0600. The highest BCUT2D eigenvalue weighted by molar-refractivity contribution is 7.92. The SMILES string of the molecule is CN(c1ccccc1)S(=O)(=O)c1ccc(C(=O)OCc2nnc(-c3ccccc3)o2)cc1. The van der Waals surface area contributed by atoms with Gasteiger partial charge in [-0.05, 0) is 48.5 Å². The van der Waals surface area contributed by atoms with Gasteiger partial charge in [-0.3, -0.25) is 4.31 Å². The van der Waals surface area contributed by atoms with Crippen LogP contribution in [0.3, 0.4) is 0 Å². The van der Waals surface area contributed by atoms with Crippen LogP contribution in [0.2, 0.25) is 0 Å². The Morgan fingerprint density at radius 3 is 2.19 bits per heavy atom. The summed E-state index contributed by atoms with van der Waals surface area (Å²) in [5, 5.41) is 7.81. The summed E-state index contributed by atoms with van der Waals surface area (Å²) in [6.07, 6.45) is 0. The summed E-state index contributed by atoms with van der Waals surface area (Å²) in [6.45, 7) is -0.199. The van der Waals surface area contributed by atoms with Gasteiger partial charge in [-0.2, -0.15) is 0 Å². The summed E-state index contributed by atoms with van der Waals surface area (Å²) < 4.78 is 37.5. The van der Waals surface area contributed by atoms with Crippen molar-refractivity contribution in [3.05, 3.63) is 96.4 Å². The highest BCUT2D eigenvalue weighted by atomic mass is 32.2. The molecule has 0 bridgehead atoms. The van der Waals surface area contributed by atoms with Crippen LogP contribution in [-0.4, -0.2) is 31.6 Å². The minimum Gasteiger partial charge on any atom is -0.452 e. The molecule has 0 atom stereocenters. The summed E-state index contributed by atoms with van der Waals surface area (Å²) in [6, 6.07) is 23.5. The van der Waals surface area contributed by atoms with Crippen LogP contribution in [0, 0.1) is 0 Å². The lowest BCUT2D eigenvalue weighted by Gasteiger charge is -2.19. The predicted molar refractivity (Wildman–Crippen MR) is 117 cm³/mol. The number of ether oxygens (including phenoxy) is 1. The van der Waals surface area contributed by atoms with E-state index < -0.39 is 16.0 Å². The fraction of sp³-hybridized carbons (Fsp3) is 0.0870. The smallest absolute Gasteiger partial charge is 0.338 e. The van der Waals surface area contributed by atoms with Gasteiger partial charge in [0.25, 0.3) is 15.9 Å². The quantitative estimate of drug-likeness (QED) is 0.394. The van der Waals surface area contributed by atoms with Gasteiger partial charge in [0.2, 0.25) is 5.89 Å². The molecule has 4 aromatic rings. The molecule has 0 aliphatic rings. The van der Waals surface area contributed by atoms with Crippen LogP contribution in [0.4, 0.5) is 5.69 Å². The maximum atomic E-state index is 12.8. The van der Waals surface area contributed by atoms with E-state index in [0.717, 1.165) is 5.56 Å². The summed E-state index contributed by atoms with van der Waals surface area (Å²) >= 11 is 0. The molecule has 0 N–H and O–H groups in total. The van der Waals surface area contributed by atoms with Gasteiger partial charge in [-0.25, -0.2) is 13.2 Å². The molecule has 0 spiro atoms. The van der Waals surface area contributed by atoms with Crippen molar-refractivity contribution in [3.8, 4) is 11.5 Å². The van der Waals surface area contributed by atoms with Crippen LogP contribution in [-0.2, 0) is 21.4 Å². The third kappa shape index (κ3) is 4.52. The van der Waals surface area contributed by atoms with Gasteiger partial charge < -0.3 is 9.15 Å². The van der Waals surface area contributed by atoms with E-state index in [0.29, 0.717) is 11.6 Å². The number of carbonyl (C=O) groups excluding carboxylic acids is 1. The number of rotatable bonds is 7. The first-order chi connectivity index (χ1) is 15.4. The Labute approximate surface area is 185 Å². The van der Waals surface area contributed by atoms with Crippen molar-refractivity contribution in [3.63, 3.8) is 0 Å². The Bertz CT molecular complexity index is 1300. The zero-order valence-corrected chi connectivity index (χ0v) is 17.9. The highest BCUT2D eigenvalue weighted by Gasteiger charge is 2.22. The number of sulfonamides is 1. The molecule has 8 nitrogen and oxygen atoms in total. The Morgan fingerprint density at radius 2 is 1.53 bits per heavy atom. The number of carbonyl (C=O) groups is 1. The van der Waals surface area contributed by atoms with Gasteiger partial charge in [-0.15, -0.1) is 10.2 Å². The average molecular weight is 449 g/mol. The molecule has 0 aliphatic heterocycles. The Morgan fingerprint density at radius 1 is 0.906 bits per heavy atom. The number of nitrogens with zero attached hydrogens (tertiary/aromatic N) is 3. The molecule has 0 saturated heterocycles. The van der Waals surface area contributed by atoms with Crippen molar-refractivity contribution in [1.29, 1.82) is 0 Å². The van der Waals surface area contributed by atoms with Crippen LogP contribution in [0.25, 0.3) is 11.5 Å². The lowest BCUT2D eigenvalue weighted by molar-refractivity contribution is 0.0438. The van der Waals surface area contributed by atoms with Crippen LogP contribution in [0.15, 0.2) is 94.2 Å². The van der Waals surface area contributed by atoms with Crippen molar-refractivity contribution in [2.75, 3.05) is 11.4 Å². The molecule has 0 unspecified atom stereocenters. The van der Waals surface area contributed by atoms with E-state index in [-0.39, 0.29) is 23.0 Å². The monoisotopic (exact) mass is 449 g/mol. The standard InChI is InChI=1S/C23H19N3O5S/c1-26(19-10-6-3-7-11-19)32(28,29)20-14-12-18(13-15-20)23(27)30-16-21-24-25-22(31-21)17-8-4-2-5-9-17/h2-15H,16H2,1H3. The largest absolute Gasteiger partial charge is 0.452 e. The number of aromatic nitrogens is 2. The molecular weight excluding hydrogens is 430 g/mol. The van der Waals surface area contributed by atoms with E-state index in [2.05, 4.69) is 10.2 Å². The third-order valence-electron chi connectivity index (χ3n) is 4.68. The number of benzene rings is 3. The number of esters is 1. The van der Waals surface area contributed by atoms with E-state index in [1.807, 2.05) is 30.3 Å². The summed E-state index contributed by atoms with van der Waals surface area (Å²) in [7, 11) is -2.29. The van der Waals surface area contributed by atoms with Gasteiger partial charge in [0.15, 0.2) is 6.61 Å². The maximum Gasteiger partial charge on any atom is 0.338 e. The maximum absolute atomic E-state index is 12.8. The molecule has 162 valence electrons. The van der Waals surface area contributed by atoms with E-state index >= 15 is 0 Å². The number of hydrogen-bond donors (Lipinski definition) is 0. The van der Waals surface area contributed by atoms with Gasteiger partial charge in [-0.1, -0.05) is 36.4 Å². The second kappa shape index (κ2) is 9.03. The number of para-hydroxylation sites is 1. The van der Waals surface area contributed by atoms with Gasteiger partial charge in [0.1, 0.15) is 0 Å². The molecule has 1 heterocycles. The first kappa shape index (κ1) is 21.3. The zero-order valence-electron chi connectivity index (χ0n) is 17.1. The Hall–Kier alpha value is -3.98. The van der Waals surface area contributed by atoms with Crippen molar-refractivity contribution in [2.45, 2.75) is 11.5 Å². The molecule has 9 heteroatoms. The number of anilines is 1. The second-order valence-corrected chi connectivity index (χ2v) is 8.74. The van der Waals surface area contributed by atoms with Crippen LogP contribution in [0.5, 0.6) is 0 Å². The number of hydrogen-bond acceptors (Lipinski definition) is 7. The van der Waals surface area contributed by atoms with Gasteiger partial charge >= 0.3 is 5.97 Å².